The summed E-state index contributed by atoms with van der Waals surface area (Å²) in [5.74, 6) is -6.01. The molecule has 0 amide bonds. The molecule has 6 nitrogen and oxygen atoms in total. The predicted octanol–water partition coefficient (Wildman–Crippen LogP) is 7.05. The summed E-state index contributed by atoms with van der Waals surface area (Å²) in [6.07, 6.45) is -3.07. The number of nitrogens with zero attached hydrogens (tertiary/aromatic N) is 3. The molecule has 4 aromatic rings. The molecule has 4 unspecified atom stereocenters. The number of benzene rings is 2. The van der Waals surface area contributed by atoms with E-state index in [1.54, 1.807) is 24.3 Å². The van der Waals surface area contributed by atoms with E-state index < -0.39 is 66.0 Å². The number of fused-ring (bicyclic) bond motifs is 3. The minimum atomic E-state index is -3.35. The second-order valence-electron chi connectivity index (χ2n) is 11.5. The summed E-state index contributed by atoms with van der Waals surface area (Å²) in [6.45, 7) is 3.24. The molecule has 6 rings (SSSR count). The van der Waals surface area contributed by atoms with Crippen LogP contribution < -0.4 is 10.1 Å². The Morgan fingerprint density at radius 1 is 1.05 bits per heavy atom. The van der Waals surface area contributed by atoms with E-state index in [2.05, 4.69) is 15.4 Å². The molecule has 1 fully saturated rings. The SMILES string of the molecule is CC(C)Oc1ccc(-c2cccnc2C(Cc2cc(F)cc(F)c2)NC(O)Cn2nc(C(F)F)c3c2C(F)(F)C2CC32)cc1. The Kier molecular flexibility index (Phi) is 7.91. The van der Waals surface area contributed by atoms with Gasteiger partial charge in [-0.15, -0.1) is 0 Å². The van der Waals surface area contributed by atoms with Crippen LogP contribution in [0.15, 0.2) is 60.8 Å². The first-order valence-corrected chi connectivity index (χ1v) is 14.3. The summed E-state index contributed by atoms with van der Waals surface area (Å²) in [4.78, 5) is 4.52. The fraction of sp³-hybridized carbons (Fsp3) is 0.375. The largest absolute Gasteiger partial charge is 0.491 e. The van der Waals surface area contributed by atoms with Crippen molar-refractivity contribution in [2.24, 2.45) is 5.92 Å². The first-order valence-electron chi connectivity index (χ1n) is 14.3. The Hall–Kier alpha value is -3.90. The predicted molar refractivity (Wildman–Crippen MR) is 149 cm³/mol. The Morgan fingerprint density at radius 3 is 2.41 bits per heavy atom. The first kappa shape index (κ1) is 30.1. The fourth-order valence-electron chi connectivity index (χ4n) is 6.17. The molecule has 232 valence electrons. The Balaban J connectivity index is 1.33. The normalized spacial score (nSPS) is 19.6. The highest BCUT2D eigenvalue weighted by atomic mass is 19.3. The average Bonchev–Trinajstić information content (AvgIpc) is 3.61. The second-order valence-corrected chi connectivity index (χ2v) is 11.5. The van der Waals surface area contributed by atoms with Crippen LogP contribution in [0.2, 0.25) is 0 Å². The van der Waals surface area contributed by atoms with Gasteiger partial charge < -0.3 is 9.84 Å². The van der Waals surface area contributed by atoms with Gasteiger partial charge in [-0.1, -0.05) is 18.2 Å². The van der Waals surface area contributed by atoms with Crippen LogP contribution in [0.4, 0.5) is 26.3 Å². The van der Waals surface area contributed by atoms with E-state index >= 15 is 8.78 Å². The number of pyridine rings is 1. The van der Waals surface area contributed by atoms with E-state index in [-0.39, 0.29) is 30.1 Å². The molecule has 12 heteroatoms. The summed E-state index contributed by atoms with van der Waals surface area (Å²) in [5.41, 5.74) is 0.598. The van der Waals surface area contributed by atoms with Crippen LogP contribution in [0.25, 0.3) is 11.1 Å². The molecule has 2 aromatic heterocycles. The second kappa shape index (κ2) is 11.6. The highest BCUT2D eigenvalue weighted by Crippen LogP contribution is 2.68. The smallest absolute Gasteiger partial charge is 0.293 e. The van der Waals surface area contributed by atoms with Crippen molar-refractivity contribution < 1.29 is 36.2 Å². The van der Waals surface area contributed by atoms with Crippen molar-refractivity contribution in [2.45, 2.75) is 69.9 Å². The molecule has 2 aliphatic carbocycles. The van der Waals surface area contributed by atoms with Crippen molar-refractivity contribution in [3.8, 4) is 16.9 Å². The maximum Gasteiger partial charge on any atom is 0.293 e. The van der Waals surface area contributed by atoms with Crippen molar-refractivity contribution in [1.29, 1.82) is 0 Å². The molecule has 0 spiro atoms. The maximum absolute atomic E-state index is 15.1. The highest BCUT2D eigenvalue weighted by Gasteiger charge is 2.67. The Bertz CT molecular complexity index is 1640. The molecule has 44 heavy (non-hydrogen) atoms. The van der Waals surface area contributed by atoms with Gasteiger partial charge in [-0.25, -0.2) is 17.6 Å². The van der Waals surface area contributed by atoms with Crippen LogP contribution in [0, 0.1) is 17.6 Å². The van der Waals surface area contributed by atoms with Gasteiger partial charge >= 0.3 is 0 Å². The Labute approximate surface area is 249 Å². The van der Waals surface area contributed by atoms with Crippen LogP contribution in [0.3, 0.4) is 0 Å². The summed E-state index contributed by atoms with van der Waals surface area (Å²) in [6, 6.07) is 12.8. The number of hydrogen-bond donors (Lipinski definition) is 2. The molecule has 0 saturated heterocycles. The van der Waals surface area contributed by atoms with Crippen LogP contribution in [-0.4, -0.2) is 32.2 Å². The lowest BCUT2D eigenvalue weighted by molar-refractivity contribution is -0.0334. The van der Waals surface area contributed by atoms with Gasteiger partial charge in [-0.2, -0.15) is 13.9 Å². The van der Waals surface area contributed by atoms with E-state index in [1.807, 2.05) is 26.0 Å². The highest BCUT2D eigenvalue weighted by molar-refractivity contribution is 5.67. The number of halogens is 6. The molecule has 2 aliphatic rings. The molecule has 0 aliphatic heterocycles. The molecular weight excluding hydrogens is 586 g/mol. The molecule has 0 radical (unpaired) electrons. The number of rotatable bonds is 11. The minimum Gasteiger partial charge on any atom is -0.491 e. The average molecular weight is 617 g/mol. The quantitative estimate of drug-likeness (QED) is 0.140. The summed E-state index contributed by atoms with van der Waals surface area (Å²) in [5, 5.41) is 17.8. The number of alkyl halides is 4. The monoisotopic (exact) mass is 616 g/mol. The van der Waals surface area contributed by atoms with E-state index in [0.717, 1.165) is 28.4 Å². The third kappa shape index (κ3) is 5.80. The fourth-order valence-corrected chi connectivity index (χ4v) is 6.17. The molecular formula is C32H30F6N4O2. The molecule has 2 aromatic carbocycles. The lowest BCUT2D eigenvalue weighted by atomic mass is 9.95. The first-order chi connectivity index (χ1) is 20.9. The lowest BCUT2D eigenvalue weighted by Crippen LogP contribution is -2.39. The number of aromatic nitrogens is 3. The third-order valence-corrected chi connectivity index (χ3v) is 7.97. The van der Waals surface area contributed by atoms with Crippen LogP contribution in [0.1, 0.15) is 66.9 Å². The topological polar surface area (TPSA) is 72.2 Å². The van der Waals surface area contributed by atoms with Crippen LogP contribution in [-0.2, 0) is 18.9 Å². The summed E-state index contributed by atoms with van der Waals surface area (Å²) < 4.78 is 92.5. The van der Waals surface area contributed by atoms with Crippen molar-refractivity contribution in [3.63, 3.8) is 0 Å². The number of aliphatic hydroxyl groups is 1. The van der Waals surface area contributed by atoms with Gasteiger partial charge in [-0.3, -0.25) is 15.0 Å². The third-order valence-electron chi connectivity index (χ3n) is 7.97. The van der Waals surface area contributed by atoms with E-state index in [9.17, 15) is 22.7 Å². The molecule has 1 saturated carbocycles. The van der Waals surface area contributed by atoms with E-state index in [1.165, 1.54) is 6.20 Å². The molecule has 0 bridgehead atoms. The zero-order valence-corrected chi connectivity index (χ0v) is 23.8. The molecule has 2 N–H and O–H groups in total. The zero-order valence-electron chi connectivity index (χ0n) is 23.8. The number of ether oxygens (including phenoxy) is 1. The van der Waals surface area contributed by atoms with Crippen molar-refractivity contribution in [3.05, 3.63) is 101 Å². The van der Waals surface area contributed by atoms with Gasteiger partial charge in [-0.05, 0) is 74.1 Å². The molecule has 4 atom stereocenters. The van der Waals surface area contributed by atoms with E-state index in [4.69, 9.17) is 4.74 Å². The van der Waals surface area contributed by atoms with Gasteiger partial charge in [0.15, 0.2) is 0 Å². The van der Waals surface area contributed by atoms with Gasteiger partial charge in [0.2, 0.25) is 0 Å². The van der Waals surface area contributed by atoms with Crippen molar-refractivity contribution in [2.75, 3.05) is 0 Å². The lowest BCUT2D eigenvalue weighted by Gasteiger charge is -2.25. The summed E-state index contributed by atoms with van der Waals surface area (Å²) >= 11 is 0. The van der Waals surface area contributed by atoms with Gasteiger partial charge in [0, 0.05) is 29.3 Å². The van der Waals surface area contributed by atoms with Gasteiger partial charge in [0.25, 0.3) is 12.3 Å². The molecule has 2 heterocycles. The van der Waals surface area contributed by atoms with Crippen LogP contribution >= 0.6 is 0 Å². The van der Waals surface area contributed by atoms with Gasteiger partial charge in [0.1, 0.15) is 35.0 Å². The van der Waals surface area contributed by atoms with E-state index in [0.29, 0.717) is 17.0 Å². The van der Waals surface area contributed by atoms with Gasteiger partial charge in [0.05, 0.1) is 24.4 Å². The number of hydrogen-bond acceptors (Lipinski definition) is 5. The Morgan fingerprint density at radius 2 is 1.75 bits per heavy atom. The van der Waals surface area contributed by atoms with Crippen LogP contribution in [0.5, 0.6) is 5.75 Å². The number of aliphatic hydroxyl groups excluding tert-OH is 1. The maximum atomic E-state index is 15.1. The van der Waals surface area contributed by atoms with Crippen molar-refractivity contribution >= 4 is 0 Å². The summed E-state index contributed by atoms with van der Waals surface area (Å²) in [7, 11) is 0. The zero-order chi connectivity index (χ0) is 31.3. The standard InChI is InChI=1S/C32H30F6N4O2/c1-16(2)44-21-7-5-18(6-8-21)22-4-3-9-39-28(22)25(12-17-10-19(33)13-20(34)11-17)40-26(43)15-42-30-27(29(41-42)31(35)36)23-14-24(23)32(30,37)38/h3-11,13,16,23-26,31,40,43H,12,14-15H2,1-2H3. The number of nitrogens with one attached hydrogen (secondary N) is 1. The van der Waals surface area contributed by atoms with Crippen molar-refractivity contribution in [1.82, 2.24) is 20.1 Å². The minimum absolute atomic E-state index is 0.0324.